The lowest BCUT2D eigenvalue weighted by atomic mass is 10.1. The largest absolute Gasteiger partial charge is 0.282 e. The van der Waals surface area contributed by atoms with Crippen molar-refractivity contribution in [2.75, 3.05) is 10.5 Å². The van der Waals surface area contributed by atoms with Gasteiger partial charge in [0.1, 0.15) is 0 Å². The van der Waals surface area contributed by atoms with E-state index in [2.05, 4.69) is 33.1 Å². The minimum Gasteiger partial charge on any atom is -0.282 e. The fourth-order valence-electron chi connectivity index (χ4n) is 1.89. The smallest absolute Gasteiger partial charge is 0.185 e. The third kappa shape index (κ3) is 2.35. The van der Waals surface area contributed by atoms with E-state index < -0.39 is 0 Å². The van der Waals surface area contributed by atoms with E-state index in [-0.39, 0.29) is 0 Å². The summed E-state index contributed by atoms with van der Waals surface area (Å²) in [5.74, 6) is 0.404. The number of hydrogen-bond acceptors (Lipinski definition) is 4. The second-order valence-electron chi connectivity index (χ2n) is 4.12. The number of fused-ring (bicyclic) bond motifs is 1. The van der Waals surface area contributed by atoms with Gasteiger partial charge in [0.15, 0.2) is 5.84 Å². The molecule has 0 spiro atoms. The molecular formula is C13H8Cl2IN3O. The zero-order valence-electron chi connectivity index (χ0n) is 9.94. The Labute approximate surface area is 139 Å². The van der Waals surface area contributed by atoms with Crippen molar-refractivity contribution in [2.45, 2.75) is 0 Å². The van der Waals surface area contributed by atoms with Crippen molar-refractivity contribution in [1.29, 1.82) is 0 Å². The zero-order valence-corrected chi connectivity index (χ0v) is 13.6. The molecule has 2 aromatic rings. The van der Waals surface area contributed by atoms with Crippen LogP contribution in [0, 0.1) is 3.57 Å². The highest BCUT2D eigenvalue weighted by Crippen LogP contribution is 2.37. The zero-order chi connectivity index (χ0) is 14.3. The Kier molecular flexibility index (Phi) is 3.76. The lowest BCUT2D eigenvalue weighted by Crippen LogP contribution is -2.33. The molecule has 0 saturated carbocycles. The molecule has 0 amide bonds. The fraction of sp³-hybridized carbons (Fsp3) is 0. The highest BCUT2D eigenvalue weighted by molar-refractivity contribution is 14.1. The van der Waals surface area contributed by atoms with E-state index >= 15 is 0 Å². The molecule has 7 heteroatoms. The predicted octanol–water partition coefficient (Wildman–Crippen LogP) is 4.58. The van der Waals surface area contributed by atoms with Gasteiger partial charge < -0.3 is 0 Å². The van der Waals surface area contributed by atoms with Crippen molar-refractivity contribution < 1.29 is 5.21 Å². The number of halogens is 3. The Morgan fingerprint density at radius 1 is 1.15 bits per heavy atom. The van der Waals surface area contributed by atoms with Gasteiger partial charge in [0, 0.05) is 9.13 Å². The van der Waals surface area contributed by atoms with E-state index in [0.29, 0.717) is 27.3 Å². The van der Waals surface area contributed by atoms with Crippen LogP contribution in [0.2, 0.25) is 10.0 Å². The number of hydrogen-bond donors (Lipinski definition) is 2. The summed E-state index contributed by atoms with van der Waals surface area (Å²) in [7, 11) is 0. The molecule has 1 aliphatic rings. The summed E-state index contributed by atoms with van der Waals surface area (Å²) < 4.78 is 0.980. The van der Waals surface area contributed by atoms with Crippen molar-refractivity contribution in [3.05, 3.63) is 55.6 Å². The van der Waals surface area contributed by atoms with E-state index in [0.717, 1.165) is 14.2 Å². The van der Waals surface area contributed by atoms with Crippen molar-refractivity contribution in [3.63, 3.8) is 0 Å². The number of nitrogens with one attached hydrogen (secondary N) is 1. The Morgan fingerprint density at radius 3 is 2.60 bits per heavy atom. The van der Waals surface area contributed by atoms with Crippen LogP contribution >= 0.6 is 45.8 Å². The number of hydroxylamine groups is 1. The van der Waals surface area contributed by atoms with Gasteiger partial charge in [-0.1, -0.05) is 41.4 Å². The highest BCUT2D eigenvalue weighted by atomic mass is 127. The van der Waals surface area contributed by atoms with Gasteiger partial charge in [-0.2, -0.15) is 5.10 Å². The van der Waals surface area contributed by atoms with Crippen molar-refractivity contribution in [2.24, 2.45) is 5.10 Å². The SMILES string of the molecule is ON1C(c2ccccc2I)=NNc2cc(Cl)c(Cl)cc21. The molecule has 2 N–H and O–H groups in total. The van der Waals surface area contributed by atoms with Crippen molar-refractivity contribution >= 4 is 63.0 Å². The number of anilines is 2. The summed E-state index contributed by atoms with van der Waals surface area (Å²) in [6, 6.07) is 10.9. The highest BCUT2D eigenvalue weighted by Gasteiger charge is 2.24. The van der Waals surface area contributed by atoms with E-state index in [1.54, 1.807) is 12.1 Å². The van der Waals surface area contributed by atoms with Gasteiger partial charge in [0.2, 0.25) is 0 Å². The number of amidine groups is 1. The molecule has 0 bridgehead atoms. The quantitative estimate of drug-likeness (QED) is 0.665. The Hall–Kier alpha value is -1.02. The minimum absolute atomic E-state index is 0.371. The van der Waals surface area contributed by atoms with Gasteiger partial charge in [-0.05, 0) is 40.8 Å². The third-order valence-corrected chi connectivity index (χ3v) is 4.53. The summed E-state index contributed by atoms with van der Waals surface area (Å²) >= 11 is 14.1. The molecule has 0 radical (unpaired) electrons. The first-order valence-electron chi connectivity index (χ1n) is 5.64. The average Bonchev–Trinajstić information content (AvgIpc) is 2.43. The van der Waals surface area contributed by atoms with Gasteiger partial charge >= 0.3 is 0 Å². The average molecular weight is 420 g/mol. The standard InChI is InChI=1S/C13H8Cl2IN3O/c14-8-5-11-12(6-9(8)15)19(20)13(18-17-11)7-3-1-2-4-10(7)16/h1-6,17,20H. The molecule has 3 rings (SSSR count). The number of hydrazone groups is 1. The van der Waals surface area contributed by atoms with Crippen molar-refractivity contribution in [1.82, 2.24) is 0 Å². The second-order valence-corrected chi connectivity index (χ2v) is 6.10. The molecule has 102 valence electrons. The van der Waals surface area contributed by atoms with Crippen LogP contribution in [0.5, 0.6) is 0 Å². The molecule has 1 aliphatic heterocycles. The second kappa shape index (κ2) is 5.40. The lowest BCUT2D eigenvalue weighted by Gasteiger charge is -2.26. The van der Waals surface area contributed by atoms with Crippen LogP contribution < -0.4 is 10.5 Å². The maximum absolute atomic E-state index is 10.4. The molecule has 1 heterocycles. The molecule has 0 saturated heterocycles. The van der Waals surface area contributed by atoms with Crippen LogP contribution in [0.25, 0.3) is 0 Å². The van der Waals surface area contributed by atoms with Crippen LogP contribution in [-0.2, 0) is 0 Å². The summed E-state index contributed by atoms with van der Waals surface area (Å²) in [6.45, 7) is 0. The maximum atomic E-state index is 10.4. The molecule has 2 aromatic carbocycles. The molecule has 0 atom stereocenters. The first kappa shape index (κ1) is 13.9. The van der Waals surface area contributed by atoms with Crippen molar-refractivity contribution in [3.8, 4) is 0 Å². The summed E-state index contributed by atoms with van der Waals surface area (Å²) in [6.07, 6.45) is 0. The van der Waals surface area contributed by atoms with Crippen LogP contribution in [-0.4, -0.2) is 11.0 Å². The van der Waals surface area contributed by atoms with Crippen LogP contribution in [0.3, 0.4) is 0 Å². The summed E-state index contributed by atoms with van der Waals surface area (Å²) in [4.78, 5) is 0. The number of nitrogens with zero attached hydrogens (tertiary/aromatic N) is 2. The lowest BCUT2D eigenvalue weighted by molar-refractivity contribution is 0.311. The topological polar surface area (TPSA) is 47.9 Å². The van der Waals surface area contributed by atoms with Gasteiger partial charge in [-0.25, -0.2) is 5.06 Å². The summed E-state index contributed by atoms with van der Waals surface area (Å²) in [5, 5.41) is 16.3. The normalized spacial score (nSPS) is 13.6. The van der Waals surface area contributed by atoms with Gasteiger partial charge in [-0.3, -0.25) is 10.6 Å². The van der Waals surface area contributed by atoms with E-state index in [1.807, 2.05) is 24.3 Å². The fourth-order valence-corrected chi connectivity index (χ4v) is 2.84. The first-order valence-corrected chi connectivity index (χ1v) is 7.48. The Balaban J connectivity index is 2.08. The van der Waals surface area contributed by atoms with Crippen LogP contribution in [0.15, 0.2) is 41.5 Å². The van der Waals surface area contributed by atoms with Gasteiger partial charge in [0.25, 0.3) is 0 Å². The Morgan fingerprint density at radius 2 is 1.85 bits per heavy atom. The number of benzene rings is 2. The van der Waals surface area contributed by atoms with E-state index in [1.165, 1.54) is 0 Å². The van der Waals surface area contributed by atoms with E-state index in [4.69, 9.17) is 23.2 Å². The Bertz CT molecular complexity index is 721. The minimum atomic E-state index is 0.371. The molecular weight excluding hydrogens is 412 g/mol. The van der Waals surface area contributed by atoms with Crippen LogP contribution in [0.4, 0.5) is 11.4 Å². The van der Waals surface area contributed by atoms with Crippen LogP contribution in [0.1, 0.15) is 5.56 Å². The number of rotatable bonds is 1. The molecule has 20 heavy (non-hydrogen) atoms. The monoisotopic (exact) mass is 419 g/mol. The maximum Gasteiger partial charge on any atom is 0.185 e. The molecule has 0 aromatic heterocycles. The van der Waals surface area contributed by atoms with Gasteiger partial charge in [-0.15, -0.1) is 0 Å². The molecule has 0 aliphatic carbocycles. The summed E-state index contributed by atoms with van der Waals surface area (Å²) in [5.41, 5.74) is 4.79. The van der Waals surface area contributed by atoms with Gasteiger partial charge in [0.05, 0.1) is 21.4 Å². The third-order valence-electron chi connectivity index (χ3n) is 2.86. The predicted molar refractivity (Wildman–Crippen MR) is 90.0 cm³/mol. The molecule has 4 nitrogen and oxygen atoms in total. The van der Waals surface area contributed by atoms with E-state index in [9.17, 15) is 5.21 Å². The molecule has 0 fully saturated rings. The first-order chi connectivity index (χ1) is 9.58. The molecule has 0 unspecified atom stereocenters.